The number of nitrogens with zero attached hydrogens (tertiary/aromatic N) is 3. The first kappa shape index (κ1) is 15.0. The molecule has 8 heteroatoms. The van der Waals surface area contributed by atoms with Crippen molar-refractivity contribution in [2.45, 2.75) is 18.3 Å². The number of rotatable bonds is 4. The van der Waals surface area contributed by atoms with E-state index >= 15 is 0 Å². The Morgan fingerprint density at radius 2 is 2.00 bits per heavy atom. The number of ether oxygens (including phenoxy) is 1. The first-order valence-corrected chi connectivity index (χ1v) is 9.37. The highest BCUT2D eigenvalue weighted by Crippen LogP contribution is 2.49. The summed E-state index contributed by atoms with van der Waals surface area (Å²) in [7, 11) is -3.06. The van der Waals surface area contributed by atoms with Gasteiger partial charge in [-0.1, -0.05) is 11.6 Å². The number of halogens is 1. The first-order chi connectivity index (χ1) is 9.88. The van der Waals surface area contributed by atoms with Crippen molar-refractivity contribution >= 4 is 27.4 Å². The van der Waals surface area contributed by atoms with Crippen LogP contribution in [0.1, 0.15) is 18.5 Å². The minimum atomic E-state index is -3.06. The Balaban J connectivity index is 1.91. The SMILES string of the molecule is CS(=O)(=O)CC1(c2cc(Cl)nc(N3CCOCC3)n2)CC1. The van der Waals surface area contributed by atoms with E-state index in [1.165, 1.54) is 6.26 Å². The average molecular weight is 332 g/mol. The lowest BCUT2D eigenvalue weighted by Crippen LogP contribution is -2.37. The van der Waals surface area contributed by atoms with Crippen LogP contribution < -0.4 is 4.90 Å². The van der Waals surface area contributed by atoms with Crippen molar-refractivity contribution in [3.63, 3.8) is 0 Å². The third-order valence-corrected chi connectivity index (χ3v) is 5.18. The molecule has 1 aromatic rings. The van der Waals surface area contributed by atoms with E-state index in [4.69, 9.17) is 16.3 Å². The summed E-state index contributed by atoms with van der Waals surface area (Å²) in [6.45, 7) is 2.72. The lowest BCUT2D eigenvalue weighted by atomic mass is 10.1. The summed E-state index contributed by atoms with van der Waals surface area (Å²) in [6, 6.07) is 1.70. The smallest absolute Gasteiger partial charge is 0.227 e. The van der Waals surface area contributed by atoms with E-state index in [0.29, 0.717) is 24.3 Å². The van der Waals surface area contributed by atoms with Gasteiger partial charge in [-0.25, -0.2) is 18.4 Å². The van der Waals surface area contributed by atoms with E-state index in [0.717, 1.165) is 31.6 Å². The molecule has 6 nitrogen and oxygen atoms in total. The summed E-state index contributed by atoms with van der Waals surface area (Å²) >= 11 is 6.12. The van der Waals surface area contributed by atoms with E-state index in [-0.39, 0.29) is 11.2 Å². The molecule has 0 radical (unpaired) electrons. The molecule has 1 saturated carbocycles. The summed E-state index contributed by atoms with van der Waals surface area (Å²) in [5.74, 6) is 0.691. The molecule has 1 aromatic heterocycles. The summed E-state index contributed by atoms with van der Waals surface area (Å²) < 4.78 is 28.6. The zero-order valence-electron chi connectivity index (χ0n) is 11.9. The normalized spacial score (nSPS) is 21.3. The fourth-order valence-corrected chi connectivity index (χ4v) is 4.33. The van der Waals surface area contributed by atoms with Gasteiger partial charge in [-0.3, -0.25) is 0 Å². The van der Waals surface area contributed by atoms with Crippen LogP contribution in [0, 0.1) is 0 Å². The second kappa shape index (κ2) is 5.37. The van der Waals surface area contributed by atoms with Crippen molar-refractivity contribution in [3.05, 3.63) is 16.9 Å². The Kier molecular flexibility index (Phi) is 3.83. The highest BCUT2D eigenvalue weighted by molar-refractivity contribution is 7.90. The van der Waals surface area contributed by atoms with Crippen molar-refractivity contribution in [1.29, 1.82) is 0 Å². The molecule has 1 aliphatic heterocycles. The third-order valence-electron chi connectivity index (χ3n) is 3.91. The molecule has 1 aliphatic carbocycles. The van der Waals surface area contributed by atoms with E-state index < -0.39 is 9.84 Å². The Bertz CT molecular complexity index is 640. The van der Waals surface area contributed by atoms with Gasteiger partial charge >= 0.3 is 0 Å². The lowest BCUT2D eigenvalue weighted by molar-refractivity contribution is 0.122. The largest absolute Gasteiger partial charge is 0.378 e. The second-order valence-corrected chi connectivity index (χ2v) is 8.35. The van der Waals surface area contributed by atoms with Crippen LogP contribution in [-0.2, 0) is 20.0 Å². The average Bonchev–Trinajstić information content (AvgIpc) is 3.18. The quantitative estimate of drug-likeness (QED) is 0.768. The number of sulfone groups is 1. The molecule has 0 amide bonds. The fraction of sp³-hybridized carbons (Fsp3) is 0.692. The van der Waals surface area contributed by atoms with Crippen molar-refractivity contribution in [2.75, 3.05) is 43.2 Å². The minimum absolute atomic E-state index is 0.121. The molecule has 2 fully saturated rings. The molecule has 3 rings (SSSR count). The predicted octanol–water partition coefficient (Wildman–Crippen LogP) is 1.04. The molecule has 0 unspecified atom stereocenters. The van der Waals surface area contributed by atoms with E-state index in [2.05, 4.69) is 9.97 Å². The van der Waals surface area contributed by atoms with E-state index in [1.807, 2.05) is 4.90 Å². The third kappa shape index (κ3) is 3.46. The number of anilines is 1. The molecule has 0 aromatic carbocycles. The number of hydrogen-bond donors (Lipinski definition) is 0. The van der Waals surface area contributed by atoms with Crippen LogP contribution in [0.3, 0.4) is 0 Å². The van der Waals surface area contributed by atoms with Crippen molar-refractivity contribution < 1.29 is 13.2 Å². The van der Waals surface area contributed by atoms with Gasteiger partial charge in [0.2, 0.25) is 5.95 Å². The molecule has 2 aliphatic rings. The highest BCUT2D eigenvalue weighted by atomic mass is 35.5. The van der Waals surface area contributed by atoms with Gasteiger partial charge in [0.1, 0.15) is 15.0 Å². The number of aromatic nitrogens is 2. The van der Waals surface area contributed by atoms with Gasteiger partial charge in [0.15, 0.2) is 0 Å². The Morgan fingerprint density at radius 1 is 1.33 bits per heavy atom. The first-order valence-electron chi connectivity index (χ1n) is 6.94. The van der Waals surface area contributed by atoms with Crippen LogP contribution in [0.15, 0.2) is 6.07 Å². The van der Waals surface area contributed by atoms with Crippen LogP contribution in [0.5, 0.6) is 0 Å². The molecule has 1 saturated heterocycles. The van der Waals surface area contributed by atoms with Crippen molar-refractivity contribution in [3.8, 4) is 0 Å². The molecule has 21 heavy (non-hydrogen) atoms. The Hall–Kier alpha value is -0.920. The van der Waals surface area contributed by atoms with Gasteiger partial charge in [-0.15, -0.1) is 0 Å². The summed E-state index contributed by atoms with van der Waals surface area (Å²) in [5, 5.41) is 0.362. The van der Waals surface area contributed by atoms with Gasteiger partial charge in [0.05, 0.1) is 24.7 Å². The number of hydrogen-bond acceptors (Lipinski definition) is 6. The van der Waals surface area contributed by atoms with Crippen molar-refractivity contribution in [1.82, 2.24) is 9.97 Å². The van der Waals surface area contributed by atoms with Crippen LogP contribution in [0.2, 0.25) is 5.15 Å². The molecule has 0 bridgehead atoms. The second-order valence-electron chi connectivity index (χ2n) is 5.83. The molecule has 0 spiro atoms. The Labute approximate surface area is 129 Å². The molecular weight excluding hydrogens is 314 g/mol. The zero-order chi connectivity index (χ0) is 15.1. The topological polar surface area (TPSA) is 72.4 Å². The highest BCUT2D eigenvalue weighted by Gasteiger charge is 2.48. The minimum Gasteiger partial charge on any atom is -0.378 e. The van der Waals surface area contributed by atoms with Gasteiger partial charge in [0.25, 0.3) is 0 Å². The maximum atomic E-state index is 11.6. The Morgan fingerprint density at radius 3 is 2.57 bits per heavy atom. The molecule has 2 heterocycles. The standard InChI is InChI=1S/C13H18ClN3O3S/c1-21(18,19)9-13(2-3-13)10-8-11(14)16-12(15-10)17-4-6-20-7-5-17/h8H,2-7,9H2,1H3. The monoisotopic (exact) mass is 331 g/mol. The maximum absolute atomic E-state index is 11.6. The van der Waals surface area contributed by atoms with Crippen LogP contribution in [-0.4, -0.2) is 56.7 Å². The summed E-state index contributed by atoms with van der Waals surface area (Å²) in [6.07, 6.45) is 2.92. The molecule has 0 N–H and O–H groups in total. The zero-order valence-corrected chi connectivity index (χ0v) is 13.5. The van der Waals surface area contributed by atoms with Gasteiger partial charge in [0, 0.05) is 24.8 Å². The van der Waals surface area contributed by atoms with Crippen molar-refractivity contribution in [2.24, 2.45) is 0 Å². The van der Waals surface area contributed by atoms with Gasteiger partial charge < -0.3 is 9.64 Å². The number of morpholine rings is 1. The van der Waals surface area contributed by atoms with Gasteiger partial charge in [-0.05, 0) is 18.9 Å². The maximum Gasteiger partial charge on any atom is 0.227 e. The van der Waals surface area contributed by atoms with E-state index in [9.17, 15) is 8.42 Å². The van der Waals surface area contributed by atoms with Crippen LogP contribution >= 0.6 is 11.6 Å². The molecule has 0 atom stereocenters. The summed E-state index contributed by atoms with van der Waals surface area (Å²) in [4.78, 5) is 10.9. The molecule has 116 valence electrons. The van der Waals surface area contributed by atoms with Crippen LogP contribution in [0.25, 0.3) is 0 Å². The summed E-state index contributed by atoms with van der Waals surface area (Å²) in [5.41, 5.74) is 0.371. The molecular formula is C13H18ClN3O3S. The van der Waals surface area contributed by atoms with E-state index in [1.54, 1.807) is 6.07 Å². The van der Waals surface area contributed by atoms with Gasteiger partial charge in [-0.2, -0.15) is 0 Å². The predicted molar refractivity (Wildman–Crippen MR) is 80.7 cm³/mol. The lowest BCUT2D eigenvalue weighted by Gasteiger charge is -2.27. The van der Waals surface area contributed by atoms with Crippen LogP contribution in [0.4, 0.5) is 5.95 Å². The fourth-order valence-electron chi connectivity index (χ4n) is 2.71.